The summed E-state index contributed by atoms with van der Waals surface area (Å²) >= 11 is 0. The number of nitrogen functional groups attached to an aromatic ring is 1. The number of carbonyl (C=O) groups excluding carboxylic acids is 1. The summed E-state index contributed by atoms with van der Waals surface area (Å²) in [6, 6.07) is 1.28. The topological polar surface area (TPSA) is 89.3 Å². The molecule has 0 aromatic heterocycles. The number of rotatable bonds is 2. The fraction of sp³-hybridized carbons (Fsp3) is 0.417. The number of amides is 1. The van der Waals surface area contributed by atoms with Gasteiger partial charge < -0.3 is 11.1 Å². The van der Waals surface area contributed by atoms with Crippen molar-refractivity contribution in [2.45, 2.75) is 18.9 Å². The van der Waals surface area contributed by atoms with Crippen LogP contribution in [0.2, 0.25) is 0 Å². The van der Waals surface area contributed by atoms with Crippen LogP contribution in [0.5, 0.6) is 0 Å². The Labute approximate surface area is 115 Å². The number of sulfone groups is 1. The Bertz CT molecular complexity index is 646. The third kappa shape index (κ3) is 3.06. The molecule has 1 atom stereocenters. The van der Waals surface area contributed by atoms with Gasteiger partial charge >= 0.3 is 0 Å². The highest BCUT2D eigenvalue weighted by Crippen LogP contribution is 2.19. The molecular formula is C12H14F2N2O3S. The first-order valence-electron chi connectivity index (χ1n) is 6.05. The van der Waals surface area contributed by atoms with Gasteiger partial charge in [0.05, 0.1) is 17.2 Å². The number of halogens is 2. The summed E-state index contributed by atoms with van der Waals surface area (Å²) in [7, 11) is -3.22. The molecule has 0 saturated carbocycles. The highest BCUT2D eigenvalue weighted by atomic mass is 32.2. The number of anilines is 1. The van der Waals surface area contributed by atoms with E-state index in [0.29, 0.717) is 12.8 Å². The first kappa shape index (κ1) is 14.7. The van der Waals surface area contributed by atoms with E-state index >= 15 is 0 Å². The fourth-order valence-electron chi connectivity index (χ4n) is 2.17. The van der Waals surface area contributed by atoms with E-state index in [1.54, 1.807) is 0 Å². The lowest BCUT2D eigenvalue weighted by Gasteiger charge is -2.23. The summed E-state index contributed by atoms with van der Waals surface area (Å²) in [5.41, 5.74) is 4.16. The molecule has 0 aliphatic carbocycles. The minimum absolute atomic E-state index is 0.0698. The Morgan fingerprint density at radius 3 is 2.70 bits per heavy atom. The van der Waals surface area contributed by atoms with Crippen LogP contribution in [0, 0.1) is 11.6 Å². The maximum Gasteiger partial charge on any atom is 0.257 e. The van der Waals surface area contributed by atoms with Gasteiger partial charge in [-0.25, -0.2) is 17.2 Å². The number of benzene rings is 1. The number of nitrogens with one attached hydrogen (secondary N) is 1. The van der Waals surface area contributed by atoms with Gasteiger partial charge in [0.25, 0.3) is 5.91 Å². The van der Waals surface area contributed by atoms with Crippen molar-refractivity contribution in [3.8, 4) is 0 Å². The Morgan fingerprint density at radius 2 is 2.05 bits per heavy atom. The zero-order valence-electron chi connectivity index (χ0n) is 10.5. The van der Waals surface area contributed by atoms with Crippen molar-refractivity contribution in [1.82, 2.24) is 5.32 Å². The lowest BCUT2D eigenvalue weighted by Crippen LogP contribution is -2.43. The highest BCUT2D eigenvalue weighted by Gasteiger charge is 2.28. The molecule has 1 saturated heterocycles. The summed E-state index contributed by atoms with van der Waals surface area (Å²) in [5.74, 6) is -3.31. The third-order valence-electron chi connectivity index (χ3n) is 3.15. The molecule has 1 fully saturated rings. The number of carbonyl (C=O) groups is 1. The quantitative estimate of drug-likeness (QED) is 0.793. The minimum Gasteiger partial charge on any atom is -0.396 e. The molecule has 20 heavy (non-hydrogen) atoms. The number of hydrogen-bond acceptors (Lipinski definition) is 4. The van der Waals surface area contributed by atoms with Crippen LogP contribution >= 0.6 is 0 Å². The summed E-state index contributed by atoms with van der Waals surface area (Å²) in [6.45, 7) is 0. The molecule has 1 amide bonds. The van der Waals surface area contributed by atoms with E-state index in [9.17, 15) is 22.0 Å². The van der Waals surface area contributed by atoms with Crippen molar-refractivity contribution in [3.63, 3.8) is 0 Å². The van der Waals surface area contributed by atoms with E-state index in [1.807, 2.05) is 0 Å². The molecule has 5 nitrogen and oxygen atoms in total. The number of nitrogens with two attached hydrogens (primary N) is 1. The molecule has 1 heterocycles. The maximum absolute atomic E-state index is 13.7. The largest absolute Gasteiger partial charge is 0.396 e. The average Bonchev–Trinajstić information content (AvgIpc) is 2.33. The van der Waals surface area contributed by atoms with E-state index < -0.39 is 39.0 Å². The van der Waals surface area contributed by atoms with Crippen molar-refractivity contribution < 1.29 is 22.0 Å². The zero-order valence-corrected chi connectivity index (χ0v) is 11.3. The summed E-state index contributed by atoms with van der Waals surface area (Å²) < 4.78 is 50.1. The molecule has 8 heteroatoms. The second kappa shape index (κ2) is 5.35. The van der Waals surface area contributed by atoms with E-state index in [4.69, 9.17) is 5.73 Å². The van der Waals surface area contributed by atoms with E-state index in [1.165, 1.54) is 0 Å². The Morgan fingerprint density at radius 1 is 1.35 bits per heavy atom. The number of hydrogen-bond donors (Lipinski definition) is 2. The summed E-state index contributed by atoms with van der Waals surface area (Å²) in [4.78, 5) is 11.9. The smallest absolute Gasteiger partial charge is 0.257 e. The van der Waals surface area contributed by atoms with Gasteiger partial charge in [-0.2, -0.15) is 0 Å². The van der Waals surface area contributed by atoms with Crippen LogP contribution in [0.25, 0.3) is 0 Å². The molecule has 1 aliphatic rings. The van der Waals surface area contributed by atoms with Crippen LogP contribution in [0.4, 0.5) is 14.5 Å². The molecule has 1 aromatic rings. The lowest BCUT2D eigenvalue weighted by atomic mass is 10.1. The van der Waals surface area contributed by atoms with Gasteiger partial charge in [-0.05, 0) is 25.0 Å². The summed E-state index contributed by atoms with van der Waals surface area (Å²) in [6.07, 6.45) is 0.867. The van der Waals surface area contributed by atoms with Gasteiger partial charge in [0.15, 0.2) is 15.7 Å². The molecule has 110 valence electrons. The second-order valence-corrected chi connectivity index (χ2v) is 6.98. The van der Waals surface area contributed by atoms with Crippen molar-refractivity contribution in [2.24, 2.45) is 0 Å². The standard InChI is InChI=1S/C12H14F2N2O3S/c13-8-3-4-9(15)11(14)10(8)12(17)16-7-2-1-5-20(18,19)6-7/h3-4,7H,1-2,5-6,15H2,(H,16,17). The first-order valence-corrected chi connectivity index (χ1v) is 7.87. The third-order valence-corrected chi connectivity index (χ3v) is 4.97. The first-order chi connectivity index (χ1) is 9.30. The maximum atomic E-state index is 13.7. The van der Waals surface area contributed by atoms with Crippen LogP contribution in [0.1, 0.15) is 23.2 Å². The van der Waals surface area contributed by atoms with Crippen LogP contribution in [0.15, 0.2) is 12.1 Å². The molecule has 3 N–H and O–H groups in total. The van der Waals surface area contributed by atoms with Gasteiger partial charge in [-0.15, -0.1) is 0 Å². The van der Waals surface area contributed by atoms with Gasteiger partial charge in [0, 0.05) is 6.04 Å². The molecular weight excluding hydrogens is 290 g/mol. The molecule has 1 aliphatic heterocycles. The van der Waals surface area contributed by atoms with Gasteiger partial charge in [0.2, 0.25) is 0 Å². The Kier molecular flexibility index (Phi) is 3.94. The van der Waals surface area contributed by atoms with Gasteiger partial charge in [-0.3, -0.25) is 4.79 Å². The van der Waals surface area contributed by atoms with E-state index in [2.05, 4.69) is 5.32 Å². The van der Waals surface area contributed by atoms with Crippen molar-refractivity contribution in [3.05, 3.63) is 29.3 Å². The summed E-state index contributed by atoms with van der Waals surface area (Å²) in [5, 5.41) is 2.35. The normalized spacial score (nSPS) is 21.4. The van der Waals surface area contributed by atoms with Crippen molar-refractivity contribution >= 4 is 21.4 Å². The molecule has 0 spiro atoms. The van der Waals surface area contributed by atoms with Crippen LogP contribution < -0.4 is 11.1 Å². The Hall–Kier alpha value is -1.70. The Balaban J connectivity index is 2.19. The molecule has 1 unspecified atom stereocenters. The predicted molar refractivity (Wildman–Crippen MR) is 69.9 cm³/mol. The van der Waals surface area contributed by atoms with Crippen LogP contribution in [-0.2, 0) is 9.84 Å². The van der Waals surface area contributed by atoms with E-state index in [-0.39, 0.29) is 17.2 Å². The van der Waals surface area contributed by atoms with Gasteiger partial charge in [-0.1, -0.05) is 0 Å². The monoisotopic (exact) mass is 304 g/mol. The van der Waals surface area contributed by atoms with Crippen LogP contribution in [0.3, 0.4) is 0 Å². The zero-order chi connectivity index (χ0) is 14.9. The highest BCUT2D eigenvalue weighted by molar-refractivity contribution is 7.91. The predicted octanol–water partition coefficient (Wildman–Crippen LogP) is 0.854. The van der Waals surface area contributed by atoms with Crippen LogP contribution in [-0.4, -0.2) is 31.9 Å². The van der Waals surface area contributed by atoms with E-state index in [0.717, 1.165) is 12.1 Å². The molecule has 2 rings (SSSR count). The molecule has 0 bridgehead atoms. The average molecular weight is 304 g/mol. The lowest BCUT2D eigenvalue weighted by molar-refractivity contribution is 0.0930. The minimum atomic E-state index is -3.22. The fourth-order valence-corrected chi connectivity index (χ4v) is 3.81. The molecule has 1 aromatic carbocycles. The van der Waals surface area contributed by atoms with Crippen molar-refractivity contribution in [1.29, 1.82) is 0 Å². The second-order valence-electron chi connectivity index (χ2n) is 4.75. The molecule has 0 radical (unpaired) electrons. The SMILES string of the molecule is Nc1ccc(F)c(C(=O)NC2CCCS(=O)(=O)C2)c1F. The van der Waals surface area contributed by atoms with Crippen molar-refractivity contribution in [2.75, 3.05) is 17.2 Å². The van der Waals surface area contributed by atoms with Gasteiger partial charge in [0.1, 0.15) is 11.4 Å².